The minimum Gasteiger partial charge on any atom is -0.493 e. The summed E-state index contributed by atoms with van der Waals surface area (Å²) < 4.78 is 16.5. The monoisotopic (exact) mass is 281 g/mol. The smallest absolute Gasteiger partial charge is 0.161 e. The Balaban J connectivity index is 2.58. The Labute approximate surface area is 122 Å². The SMILES string of the molecule is COc1ccc(CNC(C)C)cc1OCCOC(C)C. The van der Waals surface area contributed by atoms with E-state index in [1.807, 2.05) is 32.0 Å². The summed E-state index contributed by atoms with van der Waals surface area (Å²) in [4.78, 5) is 0. The van der Waals surface area contributed by atoms with Gasteiger partial charge >= 0.3 is 0 Å². The van der Waals surface area contributed by atoms with Crippen molar-refractivity contribution < 1.29 is 14.2 Å². The normalized spacial score (nSPS) is 11.2. The molecule has 1 aromatic rings. The van der Waals surface area contributed by atoms with E-state index in [0.717, 1.165) is 18.0 Å². The largest absolute Gasteiger partial charge is 0.493 e. The van der Waals surface area contributed by atoms with Crippen molar-refractivity contribution >= 4 is 0 Å². The zero-order valence-corrected chi connectivity index (χ0v) is 13.2. The first-order valence-electron chi connectivity index (χ1n) is 7.17. The van der Waals surface area contributed by atoms with Crippen molar-refractivity contribution in [2.24, 2.45) is 0 Å². The van der Waals surface area contributed by atoms with Crippen molar-refractivity contribution in [3.05, 3.63) is 23.8 Å². The first-order chi connectivity index (χ1) is 9.52. The summed E-state index contributed by atoms with van der Waals surface area (Å²) in [6.45, 7) is 10.2. The van der Waals surface area contributed by atoms with Gasteiger partial charge in [0.05, 0.1) is 19.8 Å². The zero-order chi connectivity index (χ0) is 15.0. The van der Waals surface area contributed by atoms with Gasteiger partial charge in [-0.2, -0.15) is 0 Å². The molecule has 0 aliphatic carbocycles. The number of hydrogen-bond donors (Lipinski definition) is 1. The van der Waals surface area contributed by atoms with Crippen LogP contribution in [0, 0.1) is 0 Å². The zero-order valence-electron chi connectivity index (χ0n) is 13.2. The molecule has 1 rings (SSSR count). The van der Waals surface area contributed by atoms with Crippen LogP contribution in [0.3, 0.4) is 0 Å². The third-order valence-corrected chi connectivity index (χ3v) is 2.73. The van der Waals surface area contributed by atoms with Crippen LogP contribution in [0.2, 0.25) is 0 Å². The van der Waals surface area contributed by atoms with Crippen molar-refractivity contribution in [2.45, 2.75) is 46.4 Å². The maximum atomic E-state index is 5.75. The molecule has 114 valence electrons. The second-order valence-corrected chi connectivity index (χ2v) is 5.29. The van der Waals surface area contributed by atoms with E-state index < -0.39 is 0 Å². The summed E-state index contributed by atoms with van der Waals surface area (Å²) in [6.07, 6.45) is 0.224. The van der Waals surface area contributed by atoms with E-state index in [4.69, 9.17) is 14.2 Å². The van der Waals surface area contributed by atoms with Crippen LogP contribution in [-0.2, 0) is 11.3 Å². The predicted molar refractivity (Wildman–Crippen MR) is 81.6 cm³/mol. The number of nitrogens with one attached hydrogen (secondary N) is 1. The summed E-state index contributed by atoms with van der Waals surface area (Å²) in [5, 5.41) is 3.39. The van der Waals surface area contributed by atoms with Gasteiger partial charge in [0.1, 0.15) is 6.61 Å². The highest BCUT2D eigenvalue weighted by atomic mass is 16.5. The third kappa shape index (κ3) is 6.26. The summed E-state index contributed by atoms with van der Waals surface area (Å²) in [5.41, 5.74) is 1.18. The van der Waals surface area contributed by atoms with Crippen LogP contribution in [0.15, 0.2) is 18.2 Å². The lowest BCUT2D eigenvalue weighted by Crippen LogP contribution is -2.21. The quantitative estimate of drug-likeness (QED) is 0.706. The molecular formula is C16H27NO3. The maximum Gasteiger partial charge on any atom is 0.161 e. The van der Waals surface area contributed by atoms with Crippen LogP contribution in [0.5, 0.6) is 11.5 Å². The molecule has 4 nitrogen and oxygen atoms in total. The van der Waals surface area contributed by atoms with E-state index in [2.05, 4.69) is 19.2 Å². The molecule has 0 aliphatic heterocycles. The highest BCUT2D eigenvalue weighted by Crippen LogP contribution is 2.28. The number of hydrogen-bond acceptors (Lipinski definition) is 4. The Morgan fingerprint density at radius 2 is 1.80 bits per heavy atom. The molecule has 0 bridgehead atoms. The van der Waals surface area contributed by atoms with E-state index in [0.29, 0.717) is 19.3 Å². The van der Waals surface area contributed by atoms with Crippen LogP contribution in [0.25, 0.3) is 0 Å². The molecular weight excluding hydrogens is 254 g/mol. The molecule has 0 aliphatic rings. The van der Waals surface area contributed by atoms with Crippen LogP contribution >= 0.6 is 0 Å². The fraction of sp³-hybridized carbons (Fsp3) is 0.625. The average Bonchev–Trinajstić information content (AvgIpc) is 2.41. The molecule has 0 radical (unpaired) electrons. The number of benzene rings is 1. The lowest BCUT2D eigenvalue weighted by atomic mass is 10.2. The molecule has 0 unspecified atom stereocenters. The van der Waals surface area contributed by atoms with Crippen molar-refractivity contribution in [3.63, 3.8) is 0 Å². The van der Waals surface area contributed by atoms with Crippen LogP contribution in [-0.4, -0.2) is 32.5 Å². The average molecular weight is 281 g/mol. The third-order valence-electron chi connectivity index (χ3n) is 2.73. The Kier molecular flexibility index (Phi) is 7.41. The molecule has 1 N–H and O–H groups in total. The molecule has 0 fully saturated rings. The highest BCUT2D eigenvalue weighted by molar-refractivity contribution is 5.42. The lowest BCUT2D eigenvalue weighted by Gasteiger charge is -2.14. The second kappa shape index (κ2) is 8.82. The minimum atomic E-state index is 0.224. The van der Waals surface area contributed by atoms with Crippen LogP contribution < -0.4 is 14.8 Å². The van der Waals surface area contributed by atoms with Gasteiger partial charge in [-0.3, -0.25) is 0 Å². The second-order valence-electron chi connectivity index (χ2n) is 5.29. The molecule has 0 aromatic heterocycles. The topological polar surface area (TPSA) is 39.7 Å². The molecule has 0 amide bonds. The molecule has 0 saturated heterocycles. The summed E-state index contributed by atoms with van der Waals surface area (Å²) >= 11 is 0. The Morgan fingerprint density at radius 1 is 1.05 bits per heavy atom. The number of rotatable bonds is 9. The molecule has 4 heteroatoms. The van der Waals surface area contributed by atoms with Crippen LogP contribution in [0.4, 0.5) is 0 Å². The fourth-order valence-corrected chi connectivity index (χ4v) is 1.70. The van der Waals surface area contributed by atoms with Gasteiger partial charge in [-0.25, -0.2) is 0 Å². The first-order valence-corrected chi connectivity index (χ1v) is 7.17. The van der Waals surface area contributed by atoms with Crippen molar-refractivity contribution in [3.8, 4) is 11.5 Å². The highest BCUT2D eigenvalue weighted by Gasteiger charge is 2.06. The van der Waals surface area contributed by atoms with Gasteiger partial charge in [0.15, 0.2) is 11.5 Å². The van der Waals surface area contributed by atoms with Gasteiger partial charge in [-0.05, 0) is 31.5 Å². The maximum absolute atomic E-state index is 5.75. The van der Waals surface area contributed by atoms with Crippen LogP contribution in [0.1, 0.15) is 33.3 Å². The predicted octanol–water partition coefficient (Wildman–Crippen LogP) is 3.00. The van der Waals surface area contributed by atoms with Crippen molar-refractivity contribution in [1.29, 1.82) is 0 Å². The number of methoxy groups -OCH3 is 1. The standard InChI is InChI=1S/C16H27NO3/c1-12(2)17-11-14-6-7-15(18-5)16(10-14)20-9-8-19-13(3)4/h6-7,10,12-13,17H,8-9,11H2,1-5H3. The van der Waals surface area contributed by atoms with Gasteiger partial charge in [0.25, 0.3) is 0 Å². The lowest BCUT2D eigenvalue weighted by molar-refractivity contribution is 0.0546. The van der Waals surface area contributed by atoms with E-state index in [1.165, 1.54) is 5.56 Å². The molecule has 20 heavy (non-hydrogen) atoms. The van der Waals surface area contributed by atoms with Gasteiger partial charge in [0, 0.05) is 12.6 Å². The Morgan fingerprint density at radius 3 is 2.40 bits per heavy atom. The van der Waals surface area contributed by atoms with Gasteiger partial charge < -0.3 is 19.5 Å². The van der Waals surface area contributed by atoms with Gasteiger partial charge in [0.2, 0.25) is 0 Å². The van der Waals surface area contributed by atoms with E-state index in [-0.39, 0.29) is 6.10 Å². The summed E-state index contributed by atoms with van der Waals surface area (Å²) in [6, 6.07) is 6.46. The minimum absolute atomic E-state index is 0.224. The summed E-state index contributed by atoms with van der Waals surface area (Å²) in [7, 11) is 1.65. The molecule has 0 atom stereocenters. The first kappa shape index (κ1) is 16.8. The van der Waals surface area contributed by atoms with E-state index in [1.54, 1.807) is 7.11 Å². The molecule has 0 spiro atoms. The summed E-state index contributed by atoms with van der Waals surface area (Å²) in [5.74, 6) is 1.52. The van der Waals surface area contributed by atoms with Gasteiger partial charge in [-0.15, -0.1) is 0 Å². The fourth-order valence-electron chi connectivity index (χ4n) is 1.70. The van der Waals surface area contributed by atoms with E-state index in [9.17, 15) is 0 Å². The van der Waals surface area contributed by atoms with E-state index >= 15 is 0 Å². The molecule has 0 heterocycles. The van der Waals surface area contributed by atoms with Crippen molar-refractivity contribution in [2.75, 3.05) is 20.3 Å². The Hall–Kier alpha value is -1.26. The Bertz CT molecular complexity index is 391. The number of ether oxygens (including phenoxy) is 3. The molecule has 1 aromatic carbocycles. The molecule has 0 saturated carbocycles. The van der Waals surface area contributed by atoms with Gasteiger partial charge in [-0.1, -0.05) is 19.9 Å². The van der Waals surface area contributed by atoms with Crippen molar-refractivity contribution in [1.82, 2.24) is 5.32 Å².